The Bertz CT molecular complexity index is 1620. The van der Waals surface area contributed by atoms with Crippen LogP contribution in [0.1, 0.15) is 34.0 Å². The molecule has 0 spiro atoms. The molecule has 2 aromatic heterocycles. The summed E-state index contributed by atoms with van der Waals surface area (Å²) in [6, 6.07) is 21.5. The van der Waals surface area contributed by atoms with Crippen LogP contribution in [-0.4, -0.2) is 26.7 Å². The first-order valence-electron chi connectivity index (χ1n) is 11.6. The average Bonchev–Trinajstić information content (AvgIpc) is 3.35. The number of ether oxygens (including phenoxy) is 1. The molecule has 0 radical (unpaired) electrons. The zero-order valence-electron chi connectivity index (χ0n) is 20.4. The number of aromatic nitrogens is 4. The molecule has 5 aromatic rings. The van der Waals surface area contributed by atoms with E-state index in [-0.39, 0.29) is 11.1 Å². The molecule has 5 rings (SSSR count). The number of benzene rings is 3. The lowest BCUT2D eigenvalue weighted by Gasteiger charge is -2.16. The Labute approximate surface area is 222 Å². The molecule has 188 valence electrons. The van der Waals surface area contributed by atoms with Gasteiger partial charge in [0.25, 0.3) is 11.1 Å². The third-order valence-corrected chi connectivity index (χ3v) is 7.06. The topological polar surface area (TPSA) is 84.8 Å². The maximum atomic E-state index is 13.9. The maximum absolute atomic E-state index is 13.9. The number of hydrogen-bond acceptors (Lipinski definition) is 3. The number of para-hydroxylation sites is 2. The van der Waals surface area contributed by atoms with Gasteiger partial charge < -0.3 is 4.74 Å². The fraction of sp³-hybridized carbons (Fsp3) is 0.143. The lowest BCUT2D eigenvalue weighted by molar-refractivity contribution is 0.414. The minimum atomic E-state index is -0.699. The molecular formula is C28H24Cl2N4O3. The number of hydrogen-bond donors (Lipinski definition) is 2. The first-order chi connectivity index (χ1) is 17.8. The predicted molar refractivity (Wildman–Crippen MR) is 146 cm³/mol. The first-order valence-corrected chi connectivity index (χ1v) is 12.3. The summed E-state index contributed by atoms with van der Waals surface area (Å²) in [5, 5.41) is 7.16. The summed E-state index contributed by atoms with van der Waals surface area (Å²) in [4.78, 5) is 27.9. The van der Waals surface area contributed by atoms with Gasteiger partial charge in [-0.25, -0.2) is 9.36 Å². The summed E-state index contributed by atoms with van der Waals surface area (Å²) in [5.41, 5.74) is 3.25. The van der Waals surface area contributed by atoms with Crippen LogP contribution in [0.5, 0.6) is 5.75 Å². The van der Waals surface area contributed by atoms with Crippen LogP contribution in [-0.2, 0) is 0 Å². The Morgan fingerprint density at radius 1 is 0.730 bits per heavy atom. The van der Waals surface area contributed by atoms with Crippen molar-refractivity contribution < 1.29 is 4.74 Å². The number of aryl methyl sites for hydroxylation is 2. The molecule has 0 atom stereocenters. The summed E-state index contributed by atoms with van der Waals surface area (Å²) in [6.07, 6.45) is 0. The van der Waals surface area contributed by atoms with Gasteiger partial charge in [0.1, 0.15) is 5.75 Å². The molecule has 0 saturated carbocycles. The Morgan fingerprint density at radius 3 is 1.68 bits per heavy atom. The van der Waals surface area contributed by atoms with Crippen molar-refractivity contribution in [3.8, 4) is 17.1 Å². The standard InChI is InChI=1S/C28H24Cl2N4O3/c1-16-24(27(35)33(31-16)22-13-6-4-11-20(22)29)26(18-9-8-10-19(15-18)37-3)25-17(2)32-34(28(25)36)23-14-7-5-12-21(23)30/h4-15,26,31-32H,1-3H3. The van der Waals surface area contributed by atoms with Gasteiger partial charge in [0.15, 0.2) is 0 Å². The minimum Gasteiger partial charge on any atom is -0.497 e. The van der Waals surface area contributed by atoms with Crippen molar-refractivity contribution in [1.29, 1.82) is 0 Å². The van der Waals surface area contributed by atoms with E-state index >= 15 is 0 Å². The molecule has 2 N–H and O–H groups in total. The minimum absolute atomic E-state index is 0.303. The molecule has 0 amide bonds. The highest BCUT2D eigenvalue weighted by Crippen LogP contribution is 2.34. The molecule has 3 aromatic carbocycles. The van der Waals surface area contributed by atoms with Gasteiger partial charge in [0.2, 0.25) is 0 Å². The summed E-state index contributed by atoms with van der Waals surface area (Å²) >= 11 is 12.8. The highest BCUT2D eigenvalue weighted by Gasteiger charge is 2.31. The van der Waals surface area contributed by atoms with Crippen LogP contribution >= 0.6 is 23.2 Å². The first kappa shape index (κ1) is 24.7. The van der Waals surface area contributed by atoms with Gasteiger partial charge in [-0.15, -0.1) is 0 Å². The van der Waals surface area contributed by atoms with E-state index in [2.05, 4.69) is 10.2 Å². The zero-order chi connectivity index (χ0) is 26.3. The SMILES string of the molecule is COc1cccc(C(c2c(C)[nH]n(-c3ccccc3Cl)c2=O)c2c(C)[nH]n(-c3ccccc3Cl)c2=O)c1. The van der Waals surface area contributed by atoms with Gasteiger partial charge >= 0.3 is 0 Å². The molecule has 0 aliphatic carbocycles. The van der Waals surface area contributed by atoms with Crippen LogP contribution in [0.2, 0.25) is 10.0 Å². The van der Waals surface area contributed by atoms with Gasteiger partial charge in [-0.2, -0.15) is 0 Å². The number of methoxy groups -OCH3 is 1. The van der Waals surface area contributed by atoms with Crippen LogP contribution in [0.15, 0.2) is 82.4 Å². The van der Waals surface area contributed by atoms with Gasteiger partial charge in [0.05, 0.1) is 39.7 Å². The normalized spacial score (nSPS) is 11.3. The summed E-state index contributed by atoms with van der Waals surface area (Å²) in [6.45, 7) is 3.62. The summed E-state index contributed by atoms with van der Waals surface area (Å²) in [7, 11) is 1.58. The van der Waals surface area contributed by atoms with Crippen molar-refractivity contribution in [3.63, 3.8) is 0 Å². The quantitative estimate of drug-likeness (QED) is 0.290. The molecule has 0 bridgehead atoms. The zero-order valence-corrected chi connectivity index (χ0v) is 21.9. The van der Waals surface area contributed by atoms with Gasteiger partial charge in [-0.1, -0.05) is 59.6 Å². The molecule has 0 fully saturated rings. The largest absolute Gasteiger partial charge is 0.497 e. The highest BCUT2D eigenvalue weighted by atomic mass is 35.5. The fourth-order valence-corrected chi connectivity index (χ4v) is 5.14. The van der Waals surface area contributed by atoms with Crippen molar-refractivity contribution in [2.45, 2.75) is 19.8 Å². The molecule has 0 aliphatic heterocycles. The third kappa shape index (κ3) is 4.30. The summed E-state index contributed by atoms with van der Waals surface area (Å²) < 4.78 is 8.28. The van der Waals surface area contributed by atoms with Crippen molar-refractivity contribution in [3.05, 3.63) is 132 Å². The van der Waals surface area contributed by atoms with Crippen LogP contribution < -0.4 is 15.9 Å². The van der Waals surface area contributed by atoms with E-state index in [9.17, 15) is 9.59 Å². The molecular weight excluding hydrogens is 511 g/mol. The number of nitrogens with zero attached hydrogens (tertiary/aromatic N) is 2. The van der Waals surface area contributed by atoms with Crippen LogP contribution in [0.3, 0.4) is 0 Å². The Morgan fingerprint density at radius 2 is 1.22 bits per heavy atom. The van der Waals surface area contributed by atoms with E-state index in [0.29, 0.717) is 49.7 Å². The third-order valence-electron chi connectivity index (χ3n) is 6.43. The Hall–Kier alpha value is -3.94. The van der Waals surface area contributed by atoms with E-state index in [4.69, 9.17) is 27.9 Å². The van der Waals surface area contributed by atoms with Gasteiger partial charge in [0, 0.05) is 17.3 Å². The van der Waals surface area contributed by atoms with Gasteiger partial charge in [-0.05, 0) is 55.8 Å². The lowest BCUT2D eigenvalue weighted by atomic mass is 9.85. The number of aromatic amines is 2. The van der Waals surface area contributed by atoms with E-state index in [1.807, 2.05) is 50.2 Å². The van der Waals surface area contributed by atoms with Crippen LogP contribution in [0, 0.1) is 13.8 Å². The molecule has 2 heterocycles. The fourth-order valence-electron chi connectivity index (χ4n) is 4.70. The van der Waals surface area contributed by atoms with E-state index in [1.165, 1.54) is 9.36 Å². The molecule has 0 unspecified atom stereocenters. The second-order valence-electron chi connectivity index (χ2n) is 8.69. The summed E-state index contributed by atoms with van der Waals surface area (Å²) in [5.74, 6) is -0.0863. The maximum Gasteiger partial charge on any atom is 0.275 e. The van der Waals surface area contributed by atoms with Crippen molar-refractivity contribution >= 4 is 23.2 Å². The number of nitrogens with one attached hydrogen (secondary N) is 2. The second kappa shape index (κ2) is 9.84. The number of rotatable bonds is 6. The molecule has 0 aliphatic rings. The predicted octanol–water partition coefficient (Wildman–Crippen LogP) is 5.76. The second-order valence-corrected chi connectivity index (χ2v) is 9.51. The molecule has 37 heavy (non-hydrogen) atoms. The van der Waals surface area contributed by atoms with Gasteiger partial charge in [-0.3, -0.25) is 19.8 Å². The van der Waals surface area contributed by atoms with Crippen molar-refractivity contribution in [1.82, 2.24) is 19.6 Å². The highest BCUT2D eigenvalue weighted by molar-refractivity contribution is 6.32. The lowest BCUT2D eigenvalue weighted by Crippen LogP contribution is -2.25. The monoisotopic (exact) mass is 534 g/mol. The number of halogens is 2. The Kier molecular flexibility index (Phi) is 6.58. The van der Waals surface area contributed by atoms with E-state index in [0.717, 1.165) is 5.56 Å². The van der Waals surface area contributed by atoms with E-state index in [1.54, 1.807) is 43.5 Å². The molecule has 7 nitrogen and oxygen atoms in total. The number of H-pyrrole nitrogens is 2. The Balaban J connectivity index is 1.80. The van der Waals surface area contributed by atoms with Crippen LogP contribution in [0.4, 0.5) is 0 Å². The smallest absolute Gasteiger partial charge is 0.275 e. The van der Waals surface area contributed by atoms with E-state index < -0.39 is 5.92 Å². The molecule has 0 saturated heterocycles. The molecule has 9 heteroatoms. The average molecular weight is 535 g/mol. The van der Waals surface area contributed by atoms with Crippen LogP contribution in [0.25, 0.3) is 11.4 Å². The van der Waals surface area contributed by atoms with Crippen molar-refractivity contribution in [2.75, 3.05) is 7.11 Å². The van der Waals surface area contributed by atoms with Crippen molar-refractivity contribution in [2.24, 2.45) is 0 Å².